The summed E-state index contributed by atoms with van der Waals surface area (Å²) in [5.41, 5.74) is 4.33. The van der Waals surface area contributed by atoms with Crippen molar-refractivity contribution in [2.45, 2.75) is 26.3 Å². The third kappa shape index (κ3) is 3.15. The molecule has 0 saturated heterocycles. The van der Waals surface area contributed by atoms with Crippen LogP contribution in [-0.4, -0.2) is 12.6 Å². The molecule has 0 aliphatic rings. The van der Waals surface area contributed by atoms with Crippen LogP contribution in [-0.2, 0) is 0 Å². The maximum absolute atomic E-state index is 13.5. The van der Waals surface area contributed by atoms with E-state index < -0.39 is 40.8 Å². The quantitative estimate of drug-likeness (QED) is 0.494. The second kappa shape index (κ2) is 6.18. The predicted molar refractivity (Wildman–Crippen MR) is 62.2 cm³/mol. The van der Waals surface area contributed by atoms with E-state index in [1.807, 2.05) is 0 Å². The van der Waals surface area contributed by atoms with Crippen LogP contribution in [0.15, 0.2) is 0 Å². The van der Waals surface area contributed by atoms with E-state index in [9.17, 15) is 22.0 Å². The zero-order chi connectivity index (χ0) is 14.7. The number of nitrogens with two attached hydrogens (primary N) is 1. The van der Waals surface area contributed by atoms with E-state index in [1.165, 1.54) is 0 Å². The zero-order valence-electron chi connectivity index (χ0n) is 10.5. The Morgan fingerprint density at radius 1 is 0.895 bits per heavy atom. The van der Waals surface area contributed by atoms with Crippen LogP contribution in [0.5, 0.6) is 0 Å². The number of benzene rings is 1. The highest BCUT2D eigenvalue weighted by atomic mass is 19.2. The minimum atomic E-state index is -2.17. The largest absolute Gasteiger partial charge is 0.377 e. The lowest BCUT2D eigenvalue weighted by molar-refractivity contribution is 0.378. The molecule has 1 unspecified atom stereocenters. The number of nitrogens with one attached hydrogen (secondary N) is 1. The number of hydrogen-bond donors (Lipinski definition) is 2. The van der Waals surface area contributed by atoms with Crippen molar-refractivity contribution in [2.24, 2.45) is 11.7 Å². The van der Waals surface area contributed by atoms with Gasteiger partial charge in [-0.05, 0) is 18.9 Å². The van der Waals surface area contributed by atoms with Gasteiger partial charge >= 0.3 is 0 Å². The lowest BCUT2D eigenvalue weighted by Crippen LogP contribution is -2.30. The van der Waals surface area contributed by atoms with Gasteiger partial charge in [-0.1, -0.05) is 13.8 Å². The molecule has 0 radical (unpaired) electrons. The van der Waals surface area contributed by atoms with Gasteiger partial charge in [0.05, 0.1) is 0 Å². The van der Waals surface area contributed by atoms with Gasteiger partial charge in [-0.15, -0.1) is 0 Å². The Labute approximate surface area is 107 Å². The molecule has 0 heterocycles. The molecule has 0 saturated carbocycles. The topological polar surface area (TPSA) is 38.0 Å². The Balaban J connectivity index is 3.20. The van der Waals surface area contributed by atoms with Crippen LogP contribution in [0.2, 0.25) is 0 Å². The third-order valence-corrected chi connectivity index (χ3v) is 2.82. The summed E-state index contributed by atoms with van der Waals surface area (Å²) < 4.78 is 65.8. The number of hydrogen-bond acceptors (Lipinski definition) is 2. The second-order valence-electron chi connectivity index (χ2n) is 4.52. The summed E-state index contributed by atoms with van der Waals surface area (Å²) in [6.45, 7) is 3.73. The van der Waals surface area contributed by atoms with Gasteiger partial charge in [0.1, 0.15) is 5.69 Å². The summed E-state index contributed by atoms with van der Waals surface area (Å²) in [5.74, 6) is -9.90. The van der Waals surface area contributed by atoms with Crippen molar-refractivity contribution < 1.29 is 22.0 Å². The standard InChI is InChI=1S/C12H15F5N2/c1-5(2)6(3-4-18)19-12-10(16)8(14)7(13)9(15)11(12)17/h5-6,19H,3-4,18H2,1-2H3. The maximum Gasteiger partial charge on any atom is 0.200 e. The Morgan fingerprint density at radius 2 is 1.32 bits per heavy atom. The number of anilines is 1. The molecule has 0 fully saturated rings. The van der Waals surface area contributed by atoms with E-state index >= 15 is 0 Å². The van der Waals surface area contributed by atoms with Crippen molar-refractivity contribution in [3.8, 4) is 0 Å². The monoisotopic (exact) mass is 282 g/mol. The van der Waals surface area contributed by atoms with Gasteiger partial charge in [-0.3, -0.25) is 0 Å². The molecule has 1 aromatic carbocycles. The highest BCUT2D eigenvalue weighted by Gasteiger charge is 2.27. The molecule has 2 nitrogen and oxygen atoms in total. The summed E-state index contributed by atoms with van der Waals surface area (Å²) in [5, 5.41) is 2.35. The molecule has 0 aliphatic heterocycles. The molecule has 0 bridgehead atoms. The van der Waals surface area contributed by atoms with Crippen LogP contribution >= 0.6 is 0 Å². The second-order valence-corrected chi connectivity index (χ2v) is 4.52. The minimum absolute atomic E-state index is 0.0847. The molecule has 1 rings (SSSR count). The van der Waals surface area contributed by atoms with Crippen molar-refractivity contribution in [1.29, 1.82) is 0 Å². The molecule has 1 aromatic rings. The Morgan fingerprint density at radius 3 is 1.68 bits per heavy atom. The SMILES string of the molecule is CC(C)C(CCN)Nc1c(F)c(F)c(F)c(F)c1F. The van der Waals surface area contributed by atoms with Gasteiger partial charge in [0, 0.05) is 6.04 Å². The van der Waals surface area contributed by atoms with Gasteiger partial charge in [0.25, 0.3) is 0 Å². The average molecular weight is 282 g/mol. The summed E-state index contributed by atoms with van der Waals surface area (Å²) >= 11 is 0. The number of rotatable bonds is 5. The smallest absolute Gasteiger partial charge is 0.200 e. The predicted octanol–water partition coefficient (Wildman–Crippen LogP) is 3.17. The van der Waals surface area contributed by atoms with Crippen LogP contribution in [0.3, 0.4) is 0 Å². The minimum Gasteiger partial charge on any atom is -0.377 e. The summed E-state index contributed by atoms with van der Waals surface area (Å²) in [4.78, 5) is 0. The van der Waals surface area contributed by atoms with E-state index in [4.69, 9.17) is 5.73 Å². The average Bonchev–Trinajstić information content (AvgIpc) is 2.37. The fraction of sp³-hybridized carbons (Fsp3) is 0.500. The van der Waals surface area contributed by atoms with Crippen LogP contribution in [0.4, 0.5) is 27.6 Å². The van der Waals surface area contributed by atoms with Crippen molar-refractivity contribution >= 4 is 5.69 Å². The first-order valence-corrected chi connectivity index (χ1v) is 5.79. The maximum atomic E-state index is 13.5. The summed E-state index contributed by atoms with van der Waals surface area (Å²) in [6, 6.07) is -0.488. The van der Waals surface area contributed by atoms with Gasteiger partial charge in [-0.2, -0.15) is 0 Å². The summed E-state index contributed by atoms with van der Waals surface area (Å²) in [6.07, 6.45) is 0.344. The normalized spacial score (nSPS) is 12.9. The summed E-state index contributed by atoms with van der Waals surface area (Å²) in [7, 11) is 0. The molecule has 3 N–H and O–H groups in total. The Kier molecular flexibility index (Phi) is 5.11. The molecule has 0 amide bonds. The molecule has 0 spiro atoms. The third-order valence-electron chi connectivity index (χ3n) is 2.82. The lowest BCUT2D eigenvalue weighted by Gasteiger charge is -2.23. The van der Waals surface area contributed by atoms with E-state index in [-0.39, 0.29) is 12.5 Å². The molecular weight excluding hydrogens is 267 g/mol. The van der Waals surface area contributed by atoms with E-state index in [1.54, 1.807) is 13.8 Å². The van der Waals surface area contributed by atoms with Crippen LogP contribution in [0, 0.1) is 35.0 Å². The molecular formula is C12H15F5N2. The Bertz CT molecular complexity index is 433. The highest BCUT2D eigenvalue weighted by molar-refractivity contribution is 5.48. The fourth-order valence-electron chi connectivity index (χ4n) is 1.67. The van der Waals surface area contributed by atoms with Crippen LogP contribution < -0.4 is 11.1 Å². The number of halogens is 5. The first kappa shape index (κ1) is 15.7. The van der Waals surface area contributed by atoms with Gasteiger partial charge in [-0.25, -0.2) is 22.0 Å². The fourth-order valence-corrected chi connectivity index (χ4v) is 1.67. The molecule has 0 aromatic heterocycles. The Hall–Kier alpha value is -1.37. The molecule has 19 heavy (non-hydrogen) atoms. The van der Waals surface area contributed by atoms with Crippen molar-refractivity contribution in [3.05, 3.63) is 29.1 Å². The molecule has 108 valence electrons. The van der Waals surface area contributed by atoms with E-state index in [2.05, 4.69) is 5.32 Å². The molecule has 7 heteroatoms. The first-order valence-electron chi connectivity index (χ1n) is 5.79. The van der Waals surface area contributed by atoms with Gasteiger partial charge in [0.15, 0.2) is 23.3 Å². The zero-order valence-corrected chi connectivity index (χ0v) is 10.5. The highest BCUT2D eigenvalue weighted by Crippen LogP contribution is 2.28. The van der Waals surface area contributed by atoms with Gasteiger partial charge in [0.2, 0.25) is 5.82 Å². The van der Waals surface area contributed by atoms with E-state index in [0.717, 1.165) is 0 Å². The van der Waals surface area contributed by atoms with Crippen molar-refractivity contribution in [3.63, 3.8) is 0 Å². The van der Waals surface area contributed by atoms with Crippen LogP contribution in [0.1, 0.15) is 20.3 Å². The van der Waals surface area contributed by atoms with E-state index in [0.29, 0.717) is 6.42 Å². The van der Waals surface area contributed by atoms with Crippen molar-refractivity contribution in [2.75, 3.05) is 11.9 Å². The first-order chi connectivity index (χ1) is 8.81. The lowest BCUT2D eigenvalue weighted by atomic mass is 10.0. The van der Waals surface area contributed by atoms with Crippen molar-refractivity contribution in [1.82, 2.24) is 0 Å². The van der Waals surface area contributed by atoms with Gasteiger partial charge < -0.3 is 11.1 Å². The molecule has 1 atom stereocenters. The molecule has 0 aliphatic carbocycles. The van der Waals surface area contributed by atoms with Crippen LogP contribution in [0.25, 0.3) is 0 Å².